The van der Waals surface area contributed by atoms with Gasteiger partial charge in [-0.25, -0.2) is 14.6 Å². The minimum absolute atomic E-state index is 0.0242. The summed E-state index contributed by atoms with van der Waals surface area (Å²) in [4.78, 5) is 33.7. The summed E-state index contributed by atoms with van der Waals surface area (Å²) in [5, 5.41) is 10.2. The summed E-state index contributed by atoms with van der Waals surface area (Å²) < 4.78 is 19.3. The molecule has 0 radical (unpaired) electrons. The molecule has 2 fully saturated rings. The molecule has 1 N–H and O–H groups in total. The Morgan fingerprint density at radius 2 is 1.62 bits per heavy atom. The molecule has 2 saturated heterocycles. The van der Waals surface area contributed by atoms with Gasteiger partial charge in [0, 0.05) is 26.2 Å². The number of ether oxygens (including phenoxy) is 1. The van der Waals surface area contributed by atoms with Crippen LogP contribution in [0.3, 0.4) is 0 Å². The average Bonchev–Trinajstić information content (AvgIpc) is 3.22. The van der Waals surface area contributed by atoms with Crippen LogP contribution in [0.15, 0.2) is 12.1 Å². The standard InChI is InChI=1S/C26H39BN4O6/c1-16(2)19-20-17(31(22(32)33)21(19)27-36-25(6,7)26(8,9)37-27)10-11-18(28-20)29-12-14-30(15-13-29)23(34)35-24(3,4)5/h10-11,16H,12-15H2,1-9H3,(H,32,33). The van der Waals surface area contributed by atoms with Crippen molar-refractivity contribution in [1.29, 1.82) is 0 Å². The molecule has 0 spiro atoms. The zero-order valence-corrected chi connectivity index (χ0v) is 23.4. The molecule has 0 bridgehead atoms. The predicted molar refractivity (Wildman–Crippen MR) is 143 cm³/mol. The van der Waals surface area contributed by atoms with Gasteiger partial charge in [0.05, 0.1) is 27.8 Å². The van der Waals surface area contributed by atoms with E-state index in [2.05, 4.69) is 4.90 Å². The number of hydrogen-bond acceptors (Lipinski definition) is 7. The lowest BCUT2D eigenvalue weighted by Crippen LogP contribution is -2.50. The van der Waals surface area contributed by atoms with Crippen LogP contribution in [0, 0.1) is 0 Å². The molecule has 0 unspecified atom stereocenters. The Kier molecular flexibility index (Phi) is 6.78. The van der Waals surface area contributed by atoms with E-state index in [0.717, 1.165) is 11.4 Å². The number of pyridine rings is 1. The highest BCUT2D eigenvalue weighted by atomic mass is 16.7. The Morgan fingerprint density at radius 1 is 1.05 bits per heavy atom. The lowest BCUT2D eigenvalue weighted by molar-refractivity contribution is 0.00578. The molecule has 0 atom stereocenters. The summed E-state index contributed by atoms with van der Waals surface area (Å²) in [5.41, 5.74) is 0.614. The number of carboxylic acid groups (broad SMARTS) is 1. The number of amides is 1. The molecule has 1 amide bonds. The van der Waals surface area contributed by atoms with Crippen LogP contribution < -0.4 is 10.5 Å². The van der Waals surface area contributed by atoms with Crippen LogP contribution >= 0.6 is 0 Å². The first-order valence-corrected chi connectivity index (χ1v) is 12.9. The smallest absolute Gasteiger partial charge is 0.464 e. The maximum absolute atomic E-state index is 12.5. The Balaban J connectivity index is 1.69. The van der Waals surface area contributed by atoms with E-state index in [1.54, 1.807) is 11.0 Å². The van der Waals surface area contributed by atoms with Crippen LogP contribution in [0.4, 0.5) is 15.4 Å². The van der Waals surface area contributed by atoms with E-state index in [0.29, 0.717) is 42.8 Å². The van der Waals surface area contributed by atoms with Crippen molar-refractivity contribution >= 4 is 41.7 Å². The highest BCUT2D eigenvalue weighted by molar-refractivity contribution is 6.63. The molecule has 0 saturated carbocycles. The SMILES string of the molecule is CC(C)c1c(B2OC(C)(C)C(C)(C)O2)n(C(=O)O)c2ccc(N3CCN(C(=O)OC(C)(C)C)CC3)nc12. The normalized spacial score (nSPS) is 19.7. The van der Waals surface area contributed by atoms with Gasteiger partial charge in [0.25, 0.3) is 0 Å². The fourth-order valence-electron chi connectivity index (χ4n) is 4.77. The lowest BCUT2D eigenvalue weighted by Gasteiger charge is -2.36. The number of aromatic nitrogens is 2. The van der Waals surface area contributed by atoms with Crippen molar-refractivity contribution in [2.45, 2.75) is 85.0 Å². The van der Waals surface area contributed by atoms with Crippen molar-refractivity contribution in [3.05, 3.63) is 17.7 Å². The van der Waals surface area contributed by atoms with Gasteiger partial charge in [-0.05, 0) is 72.1 Å². The van der Waals surface area contributed by atoms with E-state index >= 15 is 0 Å². The zero-order valence-electron chi connectivity index (χ0n) is 23.4. The molecule has 2 aromatic heterocycles. The molecule has 10 nitrogen and oxygen atoms in total. The van der Waals surface area contributed by atoms with Gasteiger partial charge in [-0.3, -0.25) is 4.57 Å². The maximum atomic E-state index is 12.5. The van der Waals surface area contributed by atoms with Gasteiger partial charge < -0.3 is 29.0 Å². The molecule has 202 valence electrons. The predicted octanol–water partition coefficient (Wildman–Crippen LogP) is 4.04. The van der Waals surface area contributed by atoms with Gasteiger partial charge in [0.15, 0.2) is 0 Å². The topological polar surface area (TPSA) is 106 Å². The van der Waals surface area contributed by atoms with E-state index < -0.39 is 30.0 Å². The van der Waals surface area contributed by atoms with Crippen molar-refractivity contribution in [3.8, 4) is 0 Å². The molecule has 4 heterocycles. The van der Waals surface area contributed by atoms with Gasteiger partial charge >= 0.3 is 19.3 Å². The van der Waals surface area contributed by atoms with Gasteiger partial charge in [-0.2, -0.15) is 0 Å². The Hall–Kier alpha value is -2.79. The molecule has 37 heavy (non-hydrogen) atoms. The quantitative estimate of drug-likeness (QED) is 0.612. The highest BCUT2D eigenvalue weighted by Crippen LogP contribution is 2.38. The molecule has 2 aliphatic heterocycles. The largest absolute Gasteiger partial charge is 0.513 e. The van der Waals surface area contributed by atoms with Crippen LogP contribution in [0.1, 0.15) is 73.8 Å². The van der Waals surface area contributed by atoms with Crippen LogP contribution in [-0.4, -0.2) is 81.8 Å². The molecule has 2 aliphatic rings. The summed E-state index contributed by atoms with van der Waals surface area (Å²) in [6.45, 7) is 19.6. The molecular formula is C26H39BN4O6. The molecule has 0 aromatic carbocycles. The minimum atomic E-state index is -1.11. The van der Waals surface area contributed by atoms with Crippen molar-refractivity contribution in [2.75, 3.05) is 31.1 Å². The Morgan fingerprint density at radius 3 is 2.11 bits per heavy atom. The van der Waals surface area contributed by atoms with Crippen LogP contribution in [0.2, 0.25) is 0 Å². The molecular weight excluding hydrogens is 475 g/mol. The molecule has 0 aliphatic carbocycles. The highest BCUT2D eigenvalue weighted by Gasteiger charge is 2.54. The van der Waals surface area contributed by atoms with Gasteiger partial charge in [0.1, 0.15) is 11.4 Å². The third-order valence-corrected chi connectivity index (χ3v) is 7.37. The third kappa shape index (κ3) is 5.03. The first kappa shape index (κ1) is 27.3. The number of nitrogens with zero attached hydrogens (tertiary/aromatic N) is 4. The van der Waals surface area contributed by atoms with Crippen molar-refractivity contribution in [1.82, 2.24) is 14.5 Å². The van der Waals surface area contributed by atoms with Gasteiger partial charge in [-0.1, -0.05) is 13.8 Å². The van der Waals surface area contributed by atoms with E-state index in [-0.39, 0.29) is 12.0 Å². The van der Waals surface area contributed by atoms with Gasteiger partial charge in [-0.15, -0.1) is 0 Å². The number of carbonyl (C=O) groups excluding carboxylic acids is 1. The maximum Gasteiger partial charge on any atom is 0.513 e. The van der Waals surface area contributed by atoms with E-state index in [1.165, 1.54) is 4.57 Å². The molecule has 4 rings (SSSR count). The fraction of sp³-hybridized carbons (Fsp3) is 0.654. The summed E-state index contributed by atoms with van der Waals surface area (Å²) in [7, 11) is -0.839. The number of hydrogen-bond donors (Lipinski definition) is 1. The second-order valence-electron chi connectivity index (χ2n) is 12.2. The third-order valence-electron chi connectivity index (χ3n) is 7.37. The van der Waals surface area contributed by atoms with E-state index in [9.17, 15) is 14.7 Å². The van der Waals surface area contributed by atoms with Crippen LogP contribution in [0.5, 0.6) is 0 Å². The second-order valence-corrected chi connectivity index (χ2v) is 12.2. The number of anilines is 1. The Bertz CT molecular complexity index is 1190. The van der Waals surface area contributed by atoms with Gasteiger partial charge in [0.2, 0.25) is 0 Å². The number of piperazine rings is 1. The second kappa shape index (κ2) is 9.20. The molecule has 11 heteroatoms. The number of fused-ring (bicyclic) bond motifs is 1. The summed E-state index contributed by atoms with van der Waals surface area (Å²) in [6.07, 6.45) is -1.43. The number of rotatable bonds is 3. The minimum Gasteiger partial charge on any atom is -0.464 e. The fourth-order valence-corrected chi connectivity index (χ4v) is 4.77. The van der Waals surface area contributed by atoms with Crippen LogP contribution in [-0.2, 0) is 14.0 Å². The van der Waals surface area contributed by atoms with Crippen molar-refractivity contribution in [3.63, 3.8) is 0 Å². The first-order valence-electron chi connectivity index (χ1n) is 12.9. The first-order chi connectivity index (χ1) is 17.0. The van der Waals surface area contributed by atoms with Crippen molar-refractivity contribution < 1.29 is 28.7 Å². The summed E-state index contributed by atoms with van der Waals surface area (Å²) >= 11 is 0. The Labute approximate surface area is 219 Å². The number of carbonyl (C=O) groups is 2. The van der Waals surface area contributed by atoms with E-state index in [1.807, 2.05) is 68.4 Å². The van der Waals surface area contributed by atoms with Crippen LogP contribution in [0.25, 0.3) is 11.0 Å². The average molecular weight is 514 g/mol. The lowest BCUT2D eigenvalue weighted by atomic mass is 9.78. The zero-order chi connectivity index (χ0) is 27.5. The van der Waals surface area contributed by atoms with Crippen molar-refractivity contribution in [2.24, 2.45) is 0 Å². The summed E-state index contributed by atoms with van der Waals surface area (Å²) in [6, 6.07) is 3.63. The monoisotopic (exact) mass is 514 g/mol. The van der Waals surface area contributed by atoms with E-state index in [4.69, 9.17) is 19.0 Å². The molecule has 2 aromatic rings. The summed E-state index contributed by atoms with van der Waals surface area (Å²) in [5.74, 6) is 0.713.